The van der Waals surface area contributed by atoms with Gasteiger partial charge >= 0.3 is 0 Å². The summed E-state index contributed by atoms with van der Waals surface area (Å²) in [7, 11) is -2.19. The van der Waals surface area contributed by atoms with E-state index in [4.69, 9.17) is 9.47 Å². The van der Waals surface area contributed by atoms with E-state index in [2.05, 4.69) is 5.32 Å². The summed E-state index contributed by atoms with van der Waals surface area (Å²) in [5.41, 5.74) is 2.11. The Bertz CT molecular complexity index is 1250. The molecule has 1 N–H and O–H groups in total. The van der Waals surface area contributed by atoms with E-state index in [1.54, 1.807) is 30.7 Å². The van der Waals surface area contributed by atoms with Gasteiger partial charge in [0, 0.05) is 22.6 Å². The average Bonchev–Trinajstić information content (AvgIpc) is 3.18. The van der Waals surface area contributed by atoms with Crippen molar-refractivity contribution in [3.63, 3.8) is 0 Å². The van der Waals surface area contributed by atoms with Crippen LogP contribution in [0.25, 0.3) is 0 Å². The lowest BCUT2D eigenvalue weighted by Crippen LogP contribution is -2.23. The third-order valence-electron chi connectivity index (χ3n) is 5.24. The van der Waals surface area contributed by atoms with E-state index < -0.39 is 9.84 Å². The van der Waals surface area contributed by atoms with Crippen LogP contribution in [0, 0.1) is 6.92 Å². The molecule has 6 nitrogen and oxygen atoms in total. The zero-order valence-corrected chi connectivity index (χ0v) is 19.1. The first-order valence-electron chi connectivity index (χ1n) is 9.89. The number of fused-ring (bicyclic) bond motifs is 1. The molecule has 1 atom stereocenters. The maximum absolute atomic E-state index is 13.3. The number of nitrogens with one attached hydrogen (secondary N) is 1. The number of ether oxygens (including phenoxy) is 2. The molecule has 3 aromatic rings. The largest absolute Gasteiger partial charge is 0.493 e. The van der Waals surface area contributed by atoms with Crippen molar-refractivity contribution in [3.8, 4) is 11.5 Å². The molecule has 0 bridgehead atoms. The van der Waals surface area contributed by atoms with Gasteiger partial charge in [-0.3, -0.25) is 4.79 Å². The fourth-order valence-electron chi connectivity index (χ4n) is 3.76. The Labute approximate surface area is 185 Å². The standard InChI is InChI=1S/C23H23NO5S2/c1-4-29-19-11-15(8-9-18(19)28-3)17-12-21(25)24-22-20(13-30-23(17)22)31(26,27)16-7-5-6-14(2)10-16/h5-11,13,17H,4,12H2,1-3H3,(H,24,25)/t17-/m0/s1. The quantitative estimate of drug-likeness (QED) is 0.577. The van der Waals surface area contributed by atoms with Gasteiger partial charge in [0.15, 0.2) is 11.5 Å². The van der Waals surface area contributed by atoms with E-state index in [-0.39, 0.29) is 28.0 Å². The zero-order valence-electron chi connectivity index (χ0n) is 17.5. The third-order valence-corrected chi connectivity index (χ3v) is 8.26. The number of rotatable bonds is 6. The van der Waals surface area contributed by atoms with Gasteiger partial charge < -0.3 is 14.8 Å². The average molecular weight is 458 g/mol. The third kappa shape index (κ3) is 3.93. The van der Waals surface area contributed by atoms with Gasteiger partial charge in [0.1, 0.15) is 4.90 Å². The molecule has 1 amide bonds. The van der Waals surface area contributed by atoms with Gasteiger partial charge in [-0.2, -0.15) is 0 Å². The zero-order chi connectivity index (χ0) is 22.2. The number of sulfone groups is 1. The van der Waals surface area contributed by atoms with E-state index in [1.807, 2.05) is 38.1 Å². The molecule has 2 aromatic carbocycles. The molecule has 2 heterocycles. The van der Waals surface area contributed by atoms with E-state index in [0.29, 0.717) is 23.8 Å². The highest BCUT2D eigenvalue weighted by Gasteiger charge is 2.34. The molecule has 31 heavy (non-hydrogen) atoms. The van der Waals surface area contributed by atoms with Crippen LogP contribution in [0.1, 0.15) is 35.3 Å². The molecule has 162 valence electrons. The van der Waals surface area contributed by atoms with E-state index in [1.165, 1.54) is 11.3 Å². The predicted octanol–water partition coefficient (Wildman–Crippen LogP) is 4.77. The van der Waals surface area contributed by atoms with Crippen LogP contribution in [0.4, 0.5) is 5.69 Å². The lowest BCUT2D eigenvalue weighted by molar-refractivity contribution is -0.116. The van der Waals surface area contributed by atoms with Gasteiger partial charge in [0.05, 0.1) is 24.3 Å². The maximum atomic E-state index is 13.3. The van der Waals surface area contributed by atoms with Crippen LogP contribution < -0.4 is 14.8 Å². The second-order valence-corrected chi connectivity index (χ2v) is 10.1. The molecule has 1 aliphatic rings. The molecule has 0 spiro atoms. The number of carbonyl (C=O) groups excluding carboxylic acids is 1. The summed E-state index contributed by atoms with van der Waals surface area (Å²) in [5.74, 6) is 0.727. The summed E-state index contributed by atoms with van der Waals surface area (Å²) < 4.78 is 37.7. The summed E-state index contributed by atoms with van der Waals surface area (Å²) >= 11 is 1.35. The highest BCUT2D eigenvalue weighted by Crippen LogP contribution is 2.47. The molecule has 4 rings (SSSR count). The van der Waals surface area contributed by atoms with Crippen LogP contribution in [-0.2, 0) is 14.6 Å². The number of carbonyl (C=O) groups is 1. The van der Waals surface area contributed by atoms with Crippen molar-refractivity contribution in [2.24, 2.45) is 0 Å². The van der Waals surface area contributed by atoms with Crippen molar-refractivity contribution in [1.29, 1.82) is 0 Å². The van der Waals surface area contributed by atoms with Crippen molar-refractivity contribution >= 4 is 32.8 Å². The highest BCUT2D eigenvalue weighted by molar-refractivity contribution is 7.91. The molecule has 8 heteroatoms. The molecule has 1 aliphatic heterocycles. The normalized spacial score (nSPS) is 15.8. The number of thiophene rings is 1. The Morgan fingerprint density at radius 2 is 1.97 bits per heavy atom. The number of benzene rings is 2. The summed E-state index contributed by atoms with van der Waals surface area (Å²) in [6.45, 7) is 4.22. The van der Waals surface area contributed by atoms with Gasteiger partial charge in [-0.1, -0.05) is 18.2 Å². The Hall–Kier alpha value is -2.84. The maximum Gasteiger partial charge on any atom is 0.225 e. The topological polar surface area (TPSA) is 81.7 Å². The Morgan fingerprint density at radius 3 is 2.68 bits per heavy atom. The predicted molar refractivity (Wildman–Crippen MR) is 120 cm³/mol. The van der Waals surface area contributed by atoms with Crippen LogP contribution in [0.3, 0.4) is 0 Å². The first-order chi connectivity index (χ1) is 14.8. The highest BCUT2D eigenvalue weighted by atomic mass is 32.2. The summed E-state index contributed by atoms with van der Waals surface area (Å²) in [4.78, 5) is 13.7. The van der Waals surface area contributed by atoms with Gasteiger partial charge in [-0.05, 0) is 49.2 Å². The van der Waals surface area contributed by atoms with Gasteiger partial charge in [0.2, 0.25) is 15.7 Å². The molecular formula is C23H23NO5S2. The number of anilines is 1. The minimum Gasteiger partial charge on any atom is -0.493 e. The van der Waals surface area contributed by atoms with Gasteiger partial charge in [-0.15, -0.1) is 11.3 Å². The number of methoxy groups -OCH3 is 1. The first-order valence-corrected chi connectivity index (χ1v) is 12.2. The molecule has 0 aliphatic carbocycles. The van der Waals surface area contributed by atoms with Crippen LogP contribution in [0.2, 0.25) is 0 Å². The van der Waals surface area contributed by atoms with E-state index >= 15 is 0 Å². The SMILES string of the molecule is CCOc1cc([C@@H]2CC(=O)Nc3c(S(=O)(=O)c4cccc(C)c4)csc32)ccc1OC. The smallest absolute Gasteiger partial charge is 0.225 e. The van der Waals surface area contributed by atoms with Crippen LogP contribution in [0.15, 0.2) is 57.6 Å². The number of aryl methyl sites for hydroxylation is 1. The molecule has 1 aromatic heterocycles. The second-order valence-electron chi connectivity index (χ2n) is 7.31. The van der Waals surface area contributed by atoms with Crippen LogP contribution in [-0.4, -0.2) is 28.0 Å². The summed E-state index contributed by atoms with van der Waals surface area (Å²) in [5, 5.41) is 4.42. The Kier molecular flexibility index (Phi) is 5.77. The molecular weight excluding hydrogens is 434 g/mol. The van der Waals surface area contributed by atoms with Crippen molar-refractivity contribution in [2.45, 2.75) is 36.0 Å². The number of hydrogen-bond donors (Lipinski definition) is 1. The van der Waals surface area contributed by atoms with Crippen molar-refractivity contribution in [2.75, 3.05) is 19.0 Å². The van der Waals surface area contributed by atoms with Crippen molar-refractivity contribution < 1.29 is 22.7 Å². The Morgan fingerprint density at radius 1 is 1.16 bits per heavy atom. The molecule has 0 saturated carbocycles. The number of hydrogen-bond acceptors (Lipinski definition) is 6. The minimum absolute atomic E-state index is 0.134. The number of amides is 1. The second kappa shape index (κ2) is 8.36. The fourth-order valence-corrected chi connectivity index (χ4v) is 6.77. The molecule has 0 unspecified atom stereocenters. The molecule has 0 radical (unpaired) electrons. The summed E-state index contributed by atoms with van der Waals surface area (Å²) in [6.07, 6.45) is 0.231. The van der Waals surface area contributed by atoms with E-state index in [0.717, 1.165) is 16.0 Å². The monoisotopic (exact) mass is 457 g/mol. The lowest BCUT2D eigenvalue weighted by Gasteiger charge is -2.24. The van der Waals surface area contributed by atoms with Gasteiger partial charge in [0.25, 0.3) is 0 Å². The molecule has 0 saturated heterocycles. The fraction of sp³-hybridized carbons (Fsp3) is 0.261. The molecule has 0 fully saturated rings. The Balaban J connectivity index is 1.80. The van der Waals surface area contributed by atoms with E-state index in [9.17, 15) is 13.2 Å². The van der Waals surface area contributed by atoms with Crippen molar-refractivity contribution in [1.82, 2.24) is 0 Å². The van der Waals surface area contributed by atoms with Gasteiger partial charge in [-0.25, -0.2) is 8.42 Å². The lowest BCUT2D eigenvalue weighted by atomic mass is 9.90. The summed E-state index contributed by atoms with van der Waals surface area (Å²) in [6, 6.07) is 12.3. The minimum atomic E-state index is -3.77. The van der Waals surface area contributed by atoms with Crippen LogP contribution >= 0.6 is 11.3 Å². The van der Waals surface area contributed by atoms with Crippen molar-refractivity contribution in [3.05, 3.63) is 63.8 Å². The first kappa shape index (κ1) is 21.4. The van der Waals surface area contributed by atoms with Crippen LogP contribution in [0.5, 0.6) is 11.5 Å².